The highest BCUT2D eigenvalue weighted by molar-refractivity contribution is 9.10. The molecule has 1 N–H and O–H groups in total. The van der Waals surface area contributed by atoms with Crippen LogP contribution in [0.15, 0.2) is 62.6 Å². The number of nitrogens with zero attached hydrogens (tertiary/aromatic N) is 2. The van der Waals surface area contributed by atoms with Gasteiger partial charge in [-0.15, -0.1) is 10.2 Å². The molecule has 3 aromatic rings. The van der Waals surface area contributed by atoms with E-state index in [0.717, 1.165) is 21.3 Å². The first-order valence-electron chi connectivity index (χ1n) is 7.19. The van der Waals surface area contributed by atoms with Gasteiger partial charge in [0.15, 0.2) is 0 Å². The molecule has 0 aliphatic carbocycles. The van der Waals surface area contributed by atoms with Crippen molar-refractivity contribution in [2.24, 2.45) is 0 Å². The van der Waals surface area contributed by atoms with Crippen molar-refractivity contribution in [2.45, 2.75) is 12.1 Å². The summed E-state index contributed by atoms with van der Waals surface area (Å²) in [6.45, 7) is 1.98. The maximum Gasteiger partial charge on any atom is 0.277 e. The van der Waals surface area contributed by atoms with Gasteiger partial charge in [0.1, 0.15) is 0 Å². The molecule has 1 heterocycles. The first-order valence-corrected chi connectivity index (χ1v) is 8.97. The van der Waals surface area contributed by atoms with Crippen LogP contribution in [0.4, 0.5) is 5.69 Å². The number of nitrogens with one attached hydrogen (secondary N) is 1. The Kier molecular flexibility index (Phi) is 5.32. The van der Waals surface area contributed by atoms with Gasteiger partial charge in [0, 0.05) is 15.7 Å². The van der Waals surface area contributed by atoms with E-state index in [4.69, 9.17) is 4.42 Å². The Morgan fingerprint density at radius 2 is 2.00 bits per heavy atom. The van der Waals surface area contributed by atoms with Crippen molar-refractivity contribution < 1.29 is 9.21 Å². The highest BCUT2D eigenvalue weighted by atomic mass is 79.9. The van der Waals surface area contributed by atoms with Crippen LogP contribution in [0.3, 0.4) is 0 Å². The summed E-state index contributed by atoms with van der Waals surface area (Å²) in [5.74, 6) is 0.522. The van der Waals surface area contributed by atoms with Gasteiger partial charge in [0.25, 0.3) is 5.22 Å². The van der Waals surface area contributed by atoms with Crippen LogP contribution in [0.25, 0.3) is 11.5 Å². The second-order valence-corrected chi connectivity index (χ2v) is 6.93. The summed E-state index contributed by atoms with van der Waals surface area (Å²) in [5, 5.41) is 11.2. The molecule has 0 unspecified atom stereocenters. The van der Waals surface area contributed by atoms with Gasteiger partial charge in [0.2, 0.25) is 11.8 Å². The number of benzene rings is 2. The minimum absolute atomic E-state index is 0.117. The summed E-state index contributed by atoms with van der Waals surface area (Å²) in [4.78, 5) is 12.0. The fourth-order valence-corrected chi connectivity index (χ4v) is 2.85. The van der Waals surface area contributed by atoms with Crippen molar-refractivity contribution >= 4 is 39.3 Å². The summed E-state index contributed by atoms with van der Waals surface area (Å²) < 4.78 is 6.55. The highest BCUT2D eigenvalue weighted by Gasteiger charge is 2.11. The summed E-state index contributed by atoms with van der Waals surface area (Å²) in [7, 11) is 0. The first-order chi connectivity index (χ1) is 11.6. The highest BCUT2D eigenvalue weighted by Crippen LogP contribution is 2.24. The Labute approximate surface area is 152 Å². The summed E-state index contributed by atoms with van der Waals surface area (Å²) in [6.07, 6.45) is 0. The molecule has 0 atom stereocenters. The summed E-state index contributed by atoms with van der Waals surface area (Å²) in [6, 6.07) is 15.2. The largest absolute Gasteiger partial charge is 0.411 e. The van der Waals surface area contributed by atoms with E-state index in [1.807, 2.05) is 55.5 Å². The zero-order chi connectivity index (χ0) is 16.9. The molecule has 0 saturated carbocycles. The van der Waals surface area contributed by atoms with Gasteiger partial charge in [-0.05, 0) is 48.9 Å². The fourth-order valence-electron chi connectivity index (χ4n) is 2.02. The number of hydrogen-bond donors (Lipinski definition) is 1. The fraction of sp³-hybridized carbons (Fsp3) is 0.118. The van der Waals surface area contributed by atoms with E-state index in [9.17, 15) is 4.79 Å². The SMILES string of the molecule is Cc1cccc(NC(=O)CSc2nnc(-c3ccc(Br)cc3)o2)c1. The summed E-state index contributed by atoms with van der Waals surface area (Å²) in [5.41, 5.74) is 2.71. The molecule has 122 valence electrons. The second-order valence-electron chi connectivity index (χ2n) is 5.09. The molecule has 7 heteroatoms. The Balaban J connectivity index is 1.57. The number of halogens is 1. The molecular weight excluding hydrogens is 390 g/mol. The second kappa shape index (κ2) is 7.63. The van der Waals surface area contributed by atoms with E-state index in [-0.39, 0.29) is 11.7 Å². The molecule has 0 aliphatic rings. The van der Waals surface area contributed by atoms with Crippen molar-refractivity contribution in [3.8, 4) is 11.5 Å². The molecule has 0 radical (unpaired) electrons. The minimum Gasteiger partial charge on any atom is -0.411 e. The van der Waals surface area contributed by atoms with Gasteiger partial charge < -0.3 is 9.73 Å². The van der Waals surface area contributed by atoms with Gasteiger partial charge in [-0.25, -0.2) is 0 Å². The molecule has 1 aromatic heterocycles. The number of carbonyl (C=O) groups is 1. The Morgan fingerprint density at radius 1 is 1.21 bits per heavy atom. The van der Waals surface area contributed by atoms with Gasteiger partial charge in [-0.3, -0.25) is 4.79 Å². The molecule has 1 amide bonds. The van der Waals surface area contributed by atoms with Gasteiger partial charge in [-0.2, -0.15) is 0 Å². The van der Waals surface area contributed by atoms with Crippen molar-refractivity contribution in [1.82, 2.24) is 10.2 Å². The number of hydrogen-bond acceptors (Lipinski definition) is 5. The third kappa shape index (κ3) is 4.46. The predicted molar refractivity (Wildman–Crippen MR) is 98.0 cm³/mol. The van der Waals surface area contributed by atoms with E-state index in [1.165, 1.54) is 11.8 Å². The monoisotopic (exact) mass is 403 g/mol. The van der Waals surface area contributed by atoms with Crippen molar-refractivity contribution in [3.63, 3.8) is 0 Å². The van der Waals surface area contributed by atoms with E-state index < -0.39 is 0 Å². The third-order valence-corrected chi connectivity index (χ3v) is 4.47. The Hall–Kier alpha value is -2.12. The molecule has 5 nitrogen and oxygen atoms in total. The lowest BCUT2D eigenvalue weighted by atomic mass is 10.2. The number of rotatable bonds is 5. The van der Waals surface area contributed by atoms with Crippen molar-refractivity contribution in [1.29, 1.82) is 0 Å². The topological polar surface area (TPSA) is 68.0 Å². The molecule has 0 saturated heterocycles. The lowest BCUT2D eigenvalue weighted by molar-refractivity contribution is -0.113. The van der Waals surface area contributed by atoms with Crippen molar-refractivity contribution in [3.05, 3.63) is 58.6 Å². The molecule has 3 rings (SSSR count). The van der Waals surface area contributed by atoms with Crippen LogP contribution in [-0.4, -0.2) is 21.9 Å². The lowest BCUT2D eigenvalue weighted by Gasteiger charge is -2.04. The van der Waals surface area contributed by atoms with E-state index >= 15 is 0 Å². The molecule has 2 aromatic carbocycles. The average Bonchev–Trinajstić information content (AvgIpc) is 3.03. The number of thioether (sulfide) groups is 1. The number of carbonyl (C=O) groups excluding carboxylic acids is 1. The van der Waals surface area contributed by atoms with Crippen LogP contribution in [0.5, 0.6) is 0 Å². The van der Waals surface area contributed by atoms with Crippen molar-refractivity contribution in [2.75, 3.05) is 11.1 Å². The standard InChI is InChI=1S/C17H14BrN3O2S/c1-11-3-2-4-14(9-11)19-15(22)10-24-17-21-20-16(23-17)12-5-7-13(18)8-6-12/h2-9H,10H2,1H3,(H,19,22). The Bertz CT molecular complexity index is 849. The third-order valence-electron chi connectivity index (χ3n) is 3.13. The van der Waals surface area contributed by atoms with Crippen LogP contribution < -0.4 is 5.32 Å². The average molecular weight is 404 g/mol. The smallest absolute Gasteiger partial charge is 0.277 e. The zero-order valence-electron chi connectivity index (χ0n) is 12.8. The molecule has 0 aliphatic heterocycles. The van der Waals surface area contributed by atoms with E-state index in [1.54, 1.807) is 0 Å². The van der Waals surface area contributed by atoms with Crippen LogP contribution in [0, 0.1) is 6.92 Å². The van der Waals surface area contributed by atoms with Gasteiger partial charge >= 0.3 is 0 Å². The number of amides is 1. The molecule has 0 bridgehead atoms. The van der Waals surface area contributed by atoms with Crippen LogP contribution in [0.2, 0.25) is 0 Å². The van der Waals surface area contributed by atoms with E-state index in [2.05, 4.69) is 31.4 Å². The minimum atomic E-state index is -0.117. The van der Waals surface area contributed by atoms with Crippen LogP contribution >= 0.6 is 27.7 Å². The van der Waals surface area contributed by atoms with E-state index in [0.29, 0.717) is 11.1 Å². The summed E-state index contributed by atoms with van der Waals surface area (Å²) >= 11 is 4.59. The maximum atomic E-state index is 12.0. The van der Waals surface area contributed by atoms with Gasteiger partial charge in [0.05, 0.1) is 5.75 Å². The quantitative estimate of drug-likeness (QED) is 0.633. The number of aryl methyl sites for hydroxylation is 1. The molecule has 0 spiro atoms. The first kappa shape index (κ1) is 16.7. The number of aromatic nitrogens is 2. The predicted octanol–water partition coefficient (Wildman–Crippen LogP) is 4.54. The lowest BCUT2D eigenvalue weighted by Crippen LogP contribution is -2.13. The number of anilines is 1. The van der Waals surface area contributed by atoms with Crippen LogP contribution in [-0.2, 0) is 4.79 Å². The molecular formula is C17H14BrN3O2S. The molecule has 24 heavy (non-hydrogen) atoms. The van der Waals surface area contributed by atoms with Gasteiger partial charge in [-0.1, -0.05) is 39.8 Å². The maximum absolute atomic E-state index is 12.0. The normalized spacial score (nSPS) is 10.6. The Morgan fingerprint density at radius 3 is 2.75 bits per heavy atom. The molecule has 0 fully saturated rings. The van der Waals surface area contributed by atoms with Crippen LogP contribution in [0.1, 0.15) is 5.56 Å². The zero-order valence-corrected chi connectivity index (χ0v) is 15.2.